The average Bonchev–Trinajstić information content (AvgIpc) is 3.13. The van der Waals surface area contributed by atoms with E-state index in [1.807, 2.05) is 0 Å². The Labute approximate surface area is 142 Å². The van der Waals surface area contributed by atoms with E-state index in [9.17, 15) is 14.9 Å². The topological polar surface area (TPSA) is 99.3 Å². The first-order valence-corrected chi connectivity index (χ1v) is 7.33. The van der Waals surface area contributed by atoms with E-state index in [-0.39, 0.29) is 17.3 Å². The van der Waals surface area contributed by atoms with Crippen LogP contribution in [-0.4, -0.2) is 27.7 Å². The second-order valence-electron chi connectivity index (χ2n) is 5.11. The van der Waals surface area contributed by atoms with Crippen LogP contribution in [0.4, 0.5) is 11.4 Å². The van der Waals surface area contributed by atoms with Gasteiger partial charge in [0.25, 0.3) is 11.6 Å². The predicted molar refractivity (Wildman–Crippen MR) is 91.2 cm³/mol. The highest BCUT2D eigenvalue weighted by molar-refractivity contribution is 6.02. The molecule has 1 heterocycles. The number of nitrogens with one attached hydrogen (secondary N) is 1. The van der Waals surface area contributed by atoms with Gasteiger partial charge in [-0.2, -0.15) is 5.10 Å². The molecule has 3 aromatic rings. The molecule has 0 fully saturated rings. The number of nitro groups is 1. The van der Waals surface area contributed by atoms with Gasteiger partial charge >= 0.3 is 0 Å². The van der Waals surface area contributed by atoms with Crippen molar-refractivity contribution in [1.29, 1.82) is 0 Å². The van der Waals surface area contributed by atoms with Crippen LogP contribution in [0.3, 0.4) is 0 Å². The van der Waals surface area contributed by atoms with Crippen LogP contribution in [0.25, 0.3) is 5.69 Å². The molecule has 0 aliphatic heterocycles. The molecule has 0 radical (unpaired) electrons. The molecule has 0 bridgehead atoms. The molecule has 2 aromatic carbocycles. The van der Waals surface area contributed by atoms with E-state index < -0.39 is 4.92 Å². The van der Waals surface area contributed by atoms with Gasteiger partial charge in [-0.15, -0.1) is 0 Å². The highest BCUT2D eigenvalue weighted by atomic mass is 16.6. The molecule has 0 spiro atoms. The fourth-order valence-electron chi connectivity index (χ4n) is 2.21. The smallest absolute Gasteiger partial charge is 0.276 e. The average molecular weight is 338 g/mol. The van der Waals surface area contributed by atoms with Crippen LogP contribution in [0.5, 0.6) is 5.75 Å². The molecule has 0 atom stereocenters. The molecule has 1 N–H and O–H groups in total. The summed E-state index contributed by atoms with van der Waals surface area (Å²) >= 11 is 0. The lowest BCUT2D eigenvalue weighted by Crippen LogP contribution is -2.13. The fourth-order valence-corrected chi connectivity index (χ4v) is 2.21. The number of hydrogen-bond donors (Lipinski definition) is 1. The van der Waals surface area contributed by atoms with Crippen LogP contribution < -0.4 is 10.1 Å². The lowest BCUT2D eigenvalue weighted by Gasteiger charge is -2.05. The highest BCUT2D eigenvalue weighted by Crippen LogP contribution is 2.18. The molecule has 3 rings (SSSR count). The van der Waals surface area contributed by atoms with E-state index in [2.05, 4.69) is 10.4 Å². The molecular weight excluding hydrogens is 324 g/mol. The van der Waals surface area contributed by atoms with Crippen molar-refractivity contribution in [3.8, 4) is 11.4 Å². The number of benzene rings is 2. The summed E-state index contributed by atoms with van der Waals surface area (Å²) in [6, 6.07) is 14.5. The Morgan fingerprint density at radius 3 is 2.64 bits per heavy atom. The molecule has 0 saturated carbocycles. The Morgan fingerprint density at radius 2 is 1.96 bits per heavy atom. The van der Waals surface area contributed by atoms with Crippen LogP contribution in [0.15, 0.2) is 60.8 Å². The molecule has 0 unspecified atom stereocenters. The summed E-state index contributed by atoms with van der Waals surface area (Å²) < 4.78 is 6.47. The summed E-state index contributed by atoms with van der Waals surface area (Å²) in [4.78, 5) is 22.6. The minimum absolute atomic E-state index is 0.0442. The quantitative estimate of drug-likeness (QED) is 0.569. The van der Waals surface area contributed by atoms with E-state index >= 15 is 0 Å². The van der Waals surface area contributed by atoms with Gasteiger partial charge < -0.3 is 10.1 Å². The van der Waals surface area contributed by atoms with E-state index in [1.54, 1.807) is 49.7 Å². The van der Waals surface area contributed by atoms with Crippen molar-refractivity contribution in [2.45, 2.75) is 0 Å². The van der Waals surface area contributed by atoms with Crippen LogP contribution in [-0.2, 0) is 0 Å². The lowest BCUT2D eigenvalue weighted by atomic mass is 10.3. The maximum atomic E-state index is 12.3. The molecule has 8 heteroatoms. The molecule has 0 saturated heterocycles. The number of ether oxygens (including phenoxy) is 1. The van der Waals surface area contributed by atoms with Gasteiger partial charge in [-0.05, 0) is 36.4 Å². The Hall–Kier alpha value is -3.68. The number of rotatable bonds is 5. The molecule has 8 nitrogen and oxygen atoms in total. The number of nitrogens with zero attached hydrogens (tertiary/aromatic N) is 3. The zero-order chi connectivity index (χ0) is 17.8. The van der Waals surface area contributed by atoms with E-state index in [0.717, 1.165) is 0 Å². The van der Waals surface area contributed by atoms with E-state index in [4.69, 9.17) is 4.74 Å². The van der Waals surface area contributed by atoms with Crippen LogP contribution in [0.2, 0.25) is 0 Å². The van der Waals surface area contributed by atoms with Gasteiger partial charge in [0.1, 0.15) is 5.75 Å². The van der Waals surface area contributed by atoms with Gasteiger partial charge in [0.15, 0.2) is 5.69 Å². The summed E-state index contributed by atoms with van der Waals surface area (Å²) in [5.41, 5.74) is 1.26. The Bertz CT molecular complexity index is 918. The zero-order valence-electron chi connectivity index (χ0n) is 13.2. The van der Waals surface area contributed by atoms with Crippen molar-refractivity contribution in [2.75, 3.05) is 12.4 Å². The normalized spacial score (nSPS) is 10.3. The first-order valence-electron chi connectivity index (χ1n) is 7.33. The van der Waals surface area contributed by atoms with Gasteiger partial charge in [-0.1, -0.05) is 6.07 Å². The Balaban J connectivity index is 1.77. The largest absolute Gasteiger partial charge is 0.497 e. The minimum Gasteiger partial charge on any atom is -0.497 e. The summed E-state index contributed by atoms with van der Waals surface area (Å²) in [5, 5.41) is 17.7. The third-order valence-electron chi connectivity index (χ3n) is 3.47. The number of methoxy groups -OCH3 is 1. The van der Waals surface area contributed by atoms with Crippen LogP contribution in [0, 0.1) is 10.1 Å². The van der Waals surface area contributed by atoms with Gasteiger partial charge in [0.05, 0.1) is 17.7 Å². The highest BCUT2D eigenvalue weighted by Gasteiger charge is 2.12. The Kier molecular flexibility index (Phi) is 4.42. The maximum Gasteiger partial charge on any atom is 0.276 e. The van der Waals surface area contributed by atoms with Crippen LogP contribution >= 0.6 is 0 Å². The van der Waals surface area contributed by atoms with Gasteiger partial charge in [-0.25, -0.2) is 4.68 Å². The van der Waals surface area contributed by atoms with Crippen LogP contribution in [0.1, 0.15) is 10.5 Å². The molecule has 0 aliphatic rings. The molecule has 126 valence electrons. The second kappa shape index (κ2) is 6.83. The second-order valence-corrected chi connectivity index (χ2v) is 5.11. The van der Waals surface area contributed by atoms with E-state index in [1.165, 1.54) is 22.9 Å². The van der Waals surface area contributed by atoms with E-state index in [0.29, 0.717) is 17.1 Å². The minimum atomic E-state index is -0.482. The van der Waals surface area contributed by atoms with Crippen molar-refractivity contribution in [2.24, 2.45) is 0 Å². The van der Waals surface area contributed by atoms with Crippen molar-refractivity contribution < 1.29 is 14.5 Å². The van der Waals surface area contributed by atoms with Crippen molar-refractivity contribution >= 4 is 17.3 Å². The maximum absolute atomic E-state index is 12.3. The number of amides is 1. The van der Waals surface area contributed by atoms with Crippen molar-refractivity contribution in [3.63, 3.8) is 0 Å². The van der Waals surface area contributed by atoms with Crippen molar-refractivity contribution in [3.05, 3.63) is 76.6 Å². The third kappa shape index (κ3) is 3.63. The summed E-state index contributed by atoms with van der Waals surface area (Å²) in [6.45, 7) is 0. The number of aromatic nitrogens is 2. The van der Waals surface area contributed by atoms with Gasteiger partial charge in [0, 0.05) is 24.0 Å². The Morgan fingerprint density at radius 1 is 1.20 bits per heavy atom. The molecule has 1 aromatic heterocycles. The number of carbonyl (C=O) groups excluding carboxylic acids is 1. The number of nitro benzene ring substituents is 1. The fraction of sp³-hybridized carbons (Fsp3) is 0.0588. The standard InChI is InChI=1S/C17H14N4O4/c1-25-15-7-5-12(6-8-15)18-17(22)16-9-10-20(19-16)13-3-2-4-14(11-13)21(23)24/h2-11H,1H3,(H,18,22). The molecule has 25 heavy (non-hydrogen) atoms. The molecule has 0 aliphatic carbocycles. The monoisotopic (exact) mass is 338 g/mol. The summed E-state index contributed by atoms with van der Waals surface area (Å²) in [5.74, 6) is 0.308. The third-order valence-corrected chi connectivity index (χ3v) is 3.47. The molecular formula is C17H14N4O4. The first kappa shape index (κ1) is 16.2. The van der Waals surface area contributed by atoms with Gasteiger partial charge in [0.2, 0.25) is 0 Å². The lowest BCUT2D eigenvalue weighted by molar-refractivity contribution is -0.384. The number of non-ortho nitro benzene ring substituents is 1. The summed E-state index contributed by atoms with van der Waals surface area (Å²) in [6.07, 6.45) is 1.57. The number of anilines is 1. The SMILES string of the molecule is COc1ccc(NC(=O)c2ccn(-c3cccc([N+](=O)[O-])c3)n2)cc1. The van der Waals surface area contributed by atoms with Gasteiger partial charge in [-0.3, -0.25) is 14.9 Å². The van der Waals surface area contributed by atoms with Crippen molar-refractivity contribution in [1.82, 2.24) is 9.78 Å². The predicted octanol–water partition coefficient (Wildman–Crippen LogP) is 3.04. The zero-order valence-corrected chi connectivity index (χ0v) is 13.2. The molecule has 1 amide bonds. The summed E-state index contributed by atoms with van der Waals surface area (Å²) in [7, 11) is 1.56. The number of carbonyl (C=O) groups is 1. The number of hydrogen-bond acceptors (Lipinski definition) is 5. The first-order chi connectivity index (χ1) is 12.1.